The summed E-state index contributed by atoms with van der Waals surface area (Å²) in [6, 6.07) is 0.184. The van der Waals surface area contributed by atoms with Crippen LogP contribution in [0.3, 0.4) is 0 Å². The van der Waals surface area contributed by atoms with Crippen LogP contribution in [0.1, 0.15) is 24.3 Å². The molecule has 0 amide bonds. The van der Waals surface area contributed by atoms with Crippen molar-refractivity contribution in [1.29, 1.82) is 0 Å². The number of nitrogens with zero attached hydrogens (tertiary/aromatic N) is 3. The van der Waals surface area contributed by atoms with Crippen LogP contribution >= 0.6 is 11.3 Å². The topological polar surface area (TPSA) is 46.8 Å². The van der Waals surface area contributed by atoms with Crippen molar-refractivity contribution in [2.75, 3.05) is 25.2 Å². The Morgan fingerprint density at radius 1 is 1.67 bits per heavy atom. The van der Waals surface area contributed by atoms with Crippen LogP contribution < -0.4 is 4.90 Å². The summed E-state index contributed by atoms with van der Waals surface area (Å²) in [6.07, 6.45) is 2.74. The van der Waals surface area contributed by atoms with E-state index >= 15 is 0 Å². The molecule has 18 heavy (non-hydrogen) atoms. The Hall–Kier alpha value is -1.40. The van der Waals surface area contributed by atoms with Crippen LogP contribution in [0.25, 0.3) is 4.96 Å². The number of carbonyl (C=O) groups is 1. The van der Waals surface area contributed by atoms with Gasteiger partial charge in [0.15, 0.2) is 17.1 Å². The fourth-order valence-electron chi connectivity index (χ4n) is 2.11. The average molecular weight is 267 g/mol. The van der Waals surface area contributed by atoms with Crippen LogP contribution in [0.2, 0.25) is 0 Å². The molecule has 0 aliphatic rings. The lowest BCUT2D eigenvalue weighted by Gasteiger charge is -2.27. The van der Waals surface area contributed by atoms with E-state index in [2.05, 4.69) is 16.8 Å². The summed E-state index contributed by atoms with van der Waals surface area (Å²) in [5.74, 6) is 0.740. The fraction of sp³-hybridized carbons (Fsp3) is 0.500. The highest BCUT2D eigenvalue weighted by molar-refractivity contribution is 7.15. The lowest BCUT2D eigenvalue weighted by atomic mass is 10.3. The van der Waals surface area contributed by atoms with Crippen LogP contribution in [0, 0.1) is 0 Å². The van der Waals surface area contributed by atoms with E-state index in [-0.39, 0.29) is 6.04 Å². The fourth-order valence-corrected chi connectivity index (χ4v) is 2.83. The number of rotatable bonds is 6. The number of imidazole rings is 1. The number of methoxy groups -OCH3 is 1. The normalized spacial score (nSPS) is 12.8. The molecule has 0 saturated carbocycles. The van der Waals surface area contributed by atoms with Crippen molar-refractivity contribution in [3.8, 4) is 0 Å². The molecule has 1 unspecified atom stereocenters. The Kier molecular flexibility index (Phi) is 3.98. The molecule has 0 aliphatic heterocycles. The van der Waals surface area contributed by atoms with E-state index in [0.717, 1.165) is 23.6 Å². The standard InChI is InChI=1S/C12H17N3O2S/c1-4-14(9(2)8-17-3)11-10(7-16)15-5-6-18-12(15)13-11/h5-7,9H,4,8H2,1-3H3. The number of ether oxygens (including phenoxy) is 1. The number of thiazole rings is 1. The summed E-state index contributed by atoms with van der Waals surface area (Å²) in [6.45, 7) is 5.51. The second kappa shape index (κ2) is 5.49. The molecule has 2 aromatic rings. The molecule has 0 fully saturated rings. The Balaban J connectivity index is 2.43. The van der Waals surface area contributed by atoms with Crippen molar-refractivity contribution < 1.29 is 9.53 Å². The van der Waals surface area contributed by atoms with Gasteiger partial charge in [0.25, 0.3) is 0 Å². The van der Waals surface area contributed by atoms with Gasteiger partial charge in [-0.05, 0) is 13.8 Å². The highest BCUT2D eigenvalue weighted by Crippen LogP contribution is 2.24. The maximum atomic E-state index is 11.3. The third-order valence-electron chi connectivity index (χ3n) is 2.94. The van der Waals surface area contributed by atoms with Crippen LogP contribution in [-0.2, 0) is 4.74 Å². The average Bonchev–Trinajstić information content (AvgIpc) is 2.90. The zero-order valence-corrected chi connectivity index (χ0v) is 11.6. The SMILES string of the molecule is CCN(c1nc2sccn2c1C=O)C(C)COC. The monoisotopic (exact) mass is 267 g/mol. The minimum Gasteiger partial charge on any atom is -0.383 e. The van der Waals surface area contributed by atoms with Gasteiger partial charge < -0.3 is 9.64 Å². The van der Waals surface area contributed by atoms with E-state index in [1.54, 1.807) is 7.11 Å². The molecule has 2 rings (SSSR count). The zero-order chi connectivity index (χ0) is 13.1. The van der Waals surface area contributed by atoms with E-state index in [0.29, 0.717) is 12.3 Å². The molecule has 1 atom stereocenters. The molecule has 0 bridgehead atoms. The van der Waals surface area contributed by atoms with Gasteiger partial charge in [-0.3, -0.25) is 9.20 Å². The number of anilines is 1. The third-order valence-corrected chi connectivity index (χ3v) is 3.70. The predicted octanol–water partition coefficient (Wildman–Crippen LogP) is 2.07. The number of fused-ring (bicyclic) bond motifs is 1. The molecule has 2 aromatic heterocycles. The molecular formula is C12H17N3O2S. The first-order chi connectivity index (χ1) is 8.72. The van der Waals surface area contributed by atoms with Gasteiger partial charge in [0, 0.05) is 25.2 Å². The van der Waals surface area contributed by atoms with Crippen molar-refractivity contribution in [2.45, 2.75) is 19.9 Å². The van der Waals surface area contributed by atoms with E-state index in [1.165, 1.54) is 11.3 Å². The lowest BCUT2D eigenvalue weighted by Crippen LogP contribution is -2.37. The van der Waals surface area contributed by atoms with E-state index in [1.807, 2.05) is 22.9 Å². The second-order valence-corrected chi connectivity index (χ2v) is 4.96. The quantitative estimate of drug-likeness (QED) is 0.752. The summed E-state index contributed by atoms with van der Waals surface area (Å²) in [5.41, 5.74) is 0.607. The predicted molar refractivity (Wildman–Crippen MR) is 72.8 cm³/mol. The first kappa shape index (κ1) is 13.0. The summed E-state index contributed by atoms with van der Waals surface area (Å²) in [4.78, 5) is 18.8. The highest BCUT2D eigenvalue weighted by Gasteiger charge is 2.21. The third kappa shape index (κ3) is 2.13. The first-order valence-electron chi connectivity index (χ1n) is 5.89. The summed E-state index contributed by atoms with van der Waals surface area (Å²) in [5, 5.41) is 1.92. The first-order valence-corrected chi connectivity index (χ1v) is 6.77. The van der Waals surface area contributed by atoms with Crippen molar-refractivity contribution in [3.05, 3.63) is 17.3 Å². The Morgan fingerprint density at radius 3 is 3.06 bits per heavy atom. The Labute approximate surface area is 110 Å². The molecule has 0 radical (unpaired) electrons. The van der Waals surface area contributed by atoms with Crippen LogP contribution in [0.4, 0.5) is 5.82 Å². The number of hydrogen-bond donors (Lipinski definition) is 0. The maximum absolute atomic E-state index is 11.3. The van der Waals surface area contributed by atoms with Crippen molar-refractivity contribution in [3.63, 3.8) is 0 Å². The molecule has 0 spiro atoms. The van der Waals surface area contributed by atoms with Gasteiger partial charge >= 0.3 is 0 Å². The zero-order valence-electron chi connectivity index (χ0n) is 10.8. The number of aromatic nitrogens is 2. The number of aldehydes is 1. The maximum Gasteiger partial charge on any atom is 0.196 e. The highest BCUT2D eigenvalue weighted by atomic mass is 32.1. The Morgan fingerprint density at radius 2 is 2.44 bits per heavy atom. The van der Waals surface area contributed by atoms with Gasteiger partial charge in [0.1, 0.15) is 5.69 Å². The molecule has 98 valence electrons. The number of hydrogen-bond acceptors (Lipinski definition) is 5. The number of carbonyl (C=O) groups excluding carboxylic acids is 1. The van der Waals surface area contributed by atoms with Gasteiger partial charge in [0.05, 0.1) is 12.6 Å². The second-order valence-electron chi connectivity index (χ2n) is 4.08. The molecule has 6 heteroatoms. The van der Waals surface area contributed by atoms with E-state index in [4.69, 9.17) is 4.74 Å². The van der Waals surface area contributed by atoms with Crippen molar-refractivity contribution in [1.82, 2.24) is 9.38 Å². The Bertz CT molecular complexity index is 534. The summed E-state index contributed by atoms with van der Waals surface area (Å²) < 4.78 is 7.00. The molecule has 0 saturated heterocycles. The minimum absolute atomic E-state index is 0.184. The summed E-state index contributed by atoms with van der Waals surface area (Å²) >= 11 is 1.53. The van der Waals surface area contributed by atoms with E-state index < -0.39 is 0 Å². The van der Waals surface area contributed by atoms with Gasteiger partial charge in [-0.2, -0.15) is 0 Å². The molecular weight excluding hydrogens is 250 g/mol. The van der Waals surface area contributed by atoms with Crippen LogP contribution in [-0.4, -0.2) is 42.0 Å². The lowest BCUT2D eigenvalue weighted by molar-refractivity contribution is 0.111. The molecule has 0 aliphatic carbocycles. The molecule has 2 heterocycles. The van der Waals surface area contributed by atoms with Gasteiger partial charge in [-0.25, -0.2) is 4.98 Å². The van der Waals surface area contributed by atoms with Crippen molar-refractivity contribution in [2.24, 2.45) is 0 Å². The summed E-state index contributed by atoms with van der Waals surface area (Å²) in [7, 11) is 1.68. The van der Waals surface area contributed by atoms with Gasteiger partial charge in [-0.1, -0.05) is 0 Å². The number of likely N-dealkylation sites (N-methyl/N-ethyl adjacent to an activating group) is 1. The molecule has 0 N–H and O–H groups in total. The van der Waals surface area contributed by atoms with Crippen molar-refractivity contribution >= 4 is 28.4 Å². The van der Waals surface area contributed by atoms with Crippen LogP contribution in [0.15, 0.2) is 11.6 Å². The van der Waals surface area contributed by atoms with Gasteiger partial charge in [0.2, 0.25) is 0 Å². The molecule has 0 aromatic carbocycles. The largest absolute Gasteiger partial charge is 0.383 e. The van der Waals surface area contributed by atoms with Gasteiger partial charge in [-0.15, -0.1) is 11.3 Å². The van der Waals surface area contributed by atoms with Crippen LogP contribution in [0.5, 0.6) is 0 Å². The van der Waals surface area contributed by atoms with E-state index in [9.17, 15) is 4.79 Å². The smallest absolute Gasteiger partial charge is 0.196 e. The molecule has 5 nitrogen and oxygen atoms in total. The minimum atomic E-state index is 0.184.